The summed E-state index contributed by atoms with van der Waals surface area (Å²) in [5.74, 6) is 1.86. The predicted molar refractivity (Wildman–Crippen MR) is 71.9 cm³/mol. The van der Waals surface area contributed by atoms with Crippen LogP contribution in [0.4, 0.5) is 5.95 Å². The van der Waals surface area contributed by atoms with Gasteiger partial charge < -0.3 is 10.1 Å². The zero-order chi connectivity index (χ0) is 13.5. The van der Waals surface area contributed by atoms with Crippen LogP contribution in [0, 0.1) is 6.92 Å². The van der Waals surface area contributed by atoms with Crippen molar-refractivity contribution in [1.29, 1.82) is 0 Å². The van der Waals surface area contributed by atoms with Crippen molar-refractivity contribution in [1.82, 2.24) is 19.9 Å². The monoisotopic (exact) mass is 259 g/mol. The average Bonchev–Trinajstić information content (AvgIpc) is 2.43. The lowest BCUT2D eigenvalue weighted by Crippen LogP contribution is -2.07. The number of nitrogens with one attached hydrogen (secondary N) is 1. The summed E-state index contributed by atoms with van der Waals surface area (Å²) in [5.41, 5.74) is 0.899. The van der Waals surface area contributed by atoms with Gasteiger partial charge in [0.15, 0.2) is 0 Å². The zero-order valence-electron chi connectivity index (χ0n) is 11.1. The Labute approximate surface area is 112 Å². The van der Waals surface area contributed by atoms with E-state index in [4.69, 9.17) is 4.74 Å². The van der Waals surface area contributed by atoms with Crippen LogP contribution in [-0.4, -0.2) is 26.5 Å². The Bertz CT molecular complexity index is 532. The van der Waals surface area contributed by atoms with Crippen LogP contribution in [0.2, 0.25) is 0 Å². The highest BCUT2D eigenvalue weighted by molar-refractivity contribution is 5.28. The van der Waals surface area contributed by atoms with E-state index >= 15 is 0 Å². The molecule has 1 N–H and O–H groups in total. The highest BCUT2D eigenvalue weighted by atomic mass is 16.5. The number of nitrogens with zero attached hydrogens (tertiary/aromatic N) is 4. The number of anilines is 1. The molecule has 0 radical (unpaired) electrons. The van der Waals surface area contributed by atoms with E-state index in [1.165, 1.54) is 0 Å². The molecule has 0 fully saturated rings. The number of ether oxygens (including phenoxy) is 1. The van der Waals surface area contributed by atoms with Gasteiger partial charge in [0.05, 0.1) is 18.8 Å². The Morgan fingerprint density at radius 1 is 1.16 bits per heavy atom. The largest absolute Gasteiger partial charge is 0.478 e. The summed E-state index contributed by atoms with van der Waals surface area (Å²) in [4.78, 5) is 16.8. The van der Waals surface area contributed by atoms with E-state index in [9.17, 15) is 0 Å². The molecule has 100 valence electrons. The predicted octanol–water partition coefficient (Wildman–Crippen LogP) is 1.98. The second-order valence-electron chi connectivity index (χ2n) is 4.02. The molecule has 2 aromatic rings. The third-order valence-corrected chi connectivity index (χ3v) is 2.35. The Hall–Kier alpha value is -2.24. The maximum Gasteiger partial charge on any atom is 0.226 e. The first-order valence-corrected chi connectivity index (χ1v) is 6.26. The molecule has 0 atom stereocenters. The fraction of sp³-hybridized carbons (Fsp3) is 0.385. The molecule has 0 aliphatic heterocycles. The second-order valence-corrected chi connectivity index (χ2v) is 4.02. The first-order chi connectivity index (χ1) is 9.28. The van der Waals surface area contributed by atoms with Crippen LogP contribution < -0.4 is 10.1 Å². The van der Waals surface area contributed by atoms with Gasteiger partial charge in [-0.15, -0.1) is 0 Å². The van der Waals surface area contributed by atoms with Crippen molar-refractivity contribution in [2.75, 3.05) is 11.9 Å². The highest BCUT2D eigenvalue weighted by Gasteiger charge is 2.01. The molecule has 2 rings (SSSR count). The number of aryl methyl sites for hydroxylation is 1. The van der Waals surface area contributed by atoms with E-state index in [-0.39, 0.29) is 0 Å². The molecular weight excluding hydrogens is 242 g/mol. The molecule has 19 heavy (non-hydrogen) atoms. The van der Waals surface area contributed by atoms with E-state index in [1.54, 1.807) is 18.5 Å². The minimum Gasteiger partial charge on any atom is -0.478 e. The lowest BCUT2D eigenvalue weighted by molar-refractivity contribution is 0.305. The van der Waals surface area contributed by atoms with Gasteiger partial charge in [-0.1, -0.05) is 6.92 Å². The van der Waals surface area contributed by atoms with E-state index < -0.39 is 0 Å². The van der Waals surface area contributed by atoms with Crippen molar-refractivity contribution in [3.05, 3.63) is 36.0 Å². The molecule has 0 spiro atoms. The van der Waals surface area contributed by atoms with Crippen molar-refractivity contribution in [3.8, 4) is 5.88 Å². The van der Waals surface area contributed by atoms with Crippen molar-refractivity contribution in [2.45, 2.75) is 26.8 Å². The minimum atomic E-state index is 0.532. The third kappa shape index (κ3) is 4.17. The fourth-order valence-corrected chi connectivity index (χ4v) is 1.49. The molecule has 0 aromatic carbocycles. The number of rotatable bonds is 6. The van der Waals surface area contributed by atoms with Crippen LogP contribution in [0.3, 0.4) is 0 Å². The normalized spacial score (nSPS) is 10.2. The molecule has 6 nitrogen and oxygen atoms in total. The van der Waals surface area contributed by atoms with Gasteiger partial charge in [-0.2, -0.15) is 4.98 Å². The summed E-state index contributed by atoms with van der Waals surface area (Å²) in [5, 5.41) is 3.11. The number of hydrogen-bond acceptors (Lipinski definition) is 6. The van der Waals surface area contributed by atoms with Crippen molar-refractivity contribution < 1.29 is 4.74 Å². The van der Waals surface area contributed by atoms with Gasteiger partial charge in [0.2, 0.25) is 11.8 Å². The van der Waals surface area contributed by atoms with Gasteiger partial charge in [0.1, 0.15) is 5.82 Å². The van der Waals surface area contributed by atoms with E-state index in [2.05, 4.69) is 32.2 Å². The van der Waals surface area contributed by atoms with Gasteiger partial charge in [-0.25, -0.2) is 15.0 Å². The smallest absolute Gasteiger partial charge is 0.226 e. The molecule has 0 aliphatic carbocycles. The molecule has 0 saturated heterocycles. The fourth-order valence-electron chi connectivity index (χ4n) is 1.49. The van der Waals surface area contributed by atoms with Crippen molar-refractivity contribution >= 4 is 5.95 Å². The number of aromatic nitrogens is 4. The summed E-state index contributed by atoms with van der Waals surface area (Å²) in [6.07, 6.45) is 4.36. The molecule has 2 heterocycles. The standard InChI is InChI=1S/C13H17N5O/c1-3-8-19-12-5-7-15-13(18-12)16-9-11-4-6-14-10(2)17-11/h4-7H,3,8-9H2,1-2H3,(H,15,16,18). The Kier molecular flexibility index (Phi) is 4.60. The molecular formula is C13H17N5O. The lowest BCUT2D eigenvalue weighted by atomic mass is 10.4. The minimum absolute atomic E-state index is 0.532. The highest BCUT2D eigenvalue weighted by Crippen LogP contribution is 2.09. The van der Waals surface area contributed by atoms with Crippen LogP contribution >= 0.6 is 0 Å². The van der Waals surface area contributed by atoms with Crippen LogP contribution in [0.5, 0.6) is 5.88 Å². The van der Waals surface area contributed by atoms with Gasteiger partial charge in [-0.05, 0) is 19.4 Å². The maximum atomic E-state index is 5.45. The molecule has 0 unspecified atom stereocenters. The first-order valence-electron chi connectivity index (χ1n) is 6.26. The van der Waals surface area contributed by atoms with Crippen LogP contribution in [0.25, 0.3) is 0 Å². The van der Waals surface area contributed by atoms with Crippen molar-refractivity contribution in [3.63, 3.8) is 0 Å². The molecule has 0 saturated carbocycles. The first kappa shape index (κ1) is 13.2. The maximum absolute atomic E-state index is 5.45. The Balaban J connectivity index is 1.95. The van der Waals surface area contributed by atoms with Crippen LogP contribution in [0.15, 0.2) is 24.5 Å². The van der Waals surface area contributed by atoms with E-state index in [1.807, 2.05) is 13.0 Å². The Morgan fingerprint density at radius 2 is 2.00 bits per heavy atom. The van der Waals surface area contributed by atoms with Gasteiger partial charge >= 0.3 is 0 Å². The SMILES string of the molecule is CCCOc1ccnc(NCc2ccnc(C)n2)n1. The quantitative estimate of drug-likeness (QED) is 0.855. The summed E-state index contributed by atoms with van der Waals surface area (Å²) in [6, 6.07) is 3.60. The van der Waals surface area contributed by atoms with E-state index in [0.29, 0.717) is 25.0 Å². The summed E-state index contributed by atoms with van der Waals surface area (Å²) in [7, 11) is 0. The molecule has 0 amide bonds. The molecule has 2 aromatic heterocycles. The lowest BCUT2D eigenvalue weighted by Gasteiger charge is -2.07. The van der Waals surface area contributed by atoms with Crippen LogP contribution in [0.1, 0.15) is 24.9 Å². The number of hydrogen-bond donors (Lipinski definition) is 1. The molecule has 6 heteroatoms. The Morgan fingerprint density at radius 3 is 2.79 bits per heavy atom. The second kappa shape index (κ2) is 6.63. The summed E-state index contributed by atoms with van der Waals surface area (Å²) in [6.45, 7) is 5.12. The average molecular weight is 259 g/mol. The third-order valence-electron chi connectivity index (χ3n) is 2.35. The summed E-state index contributed by atoms with van der Waals surface area (Å²) < 4.78 is 5.45. The van der Waals surface area contributed by atoms with Gasteiger partial charge in [0, 0.05) is 18.5 Å². The molecule has 0 aliphatic rings. The van der Waals surface area contributed by atoms with Gasteiger partial charge in [-0.3, -0.25) is 0 Å². The molecule has 0 bridgehead atoms. The van der Waals surface area contributed by atoms with Gasteiger partial charge in [0.25, 0.3) is 0 Å². The topological polar surface area (TPSA) is 72.8 Å². The zero-order valence-corrected chi connectivity index (χ0v) is 11.1. The summed E-state index contributed by atoms with van der Waals surface area (Å²) >= 11 is 0. The van der Waals surface area contributed by atoms with Crippen molar-refractivity contribution in [2.24, 2.45) is 0 Å². The van der Waals surface area contributed by atoms with E-state index in [0.717, 1.165) is 17.9 Å². The van der Waals surface area contributed by atoms with Crippen LogP contribution in [-0.2, 0) is 6.54 Å².